The molecule has 1 atom stereocenters. The van der Waals surface area contributed by atoms with E-state index < -0.39 is 0 Å². The van der Waals surface area contributed by atoms with Gasteiger partial charge in [0.05, 0.1) is 19.3 Å². The van der Waals surface area contributed by atoms with E-state index in [1.807, 2.05) is 13.0 Å². The van der Waals surface area contributed by atoms with Gasteiger partial charge in [-0.3, -0.25) is 4.99 Å². The average Bonchev–Trinajstić information content (AvgIpc) is 3.16. The Morgan fingerprint density at radius 3 is 2.86 bits per heavy atom. The molecule has 1 aromatic rings. The molecule has 1 heterocycles. The summed E-state index contributed by atoms with van der Waals surface area (Å²) in [5.41, 5.74) is 0.708. The maximum Gasteiger partial charge on any atom is 0.191 e. The summed E-state index contributed by atoms with van der Waals surface area (Å²) in [6.07, 6.45) is 3.44. The van der Waals surface area contributed by atoms with Gasteiger partial charge in [-0.2, -0.15) is 0 Å². The molecule has 2 N–H and O–H groups in total. The Bertz CT molecular complexity index is 593. The summed E-state index contributed by atoms with van der Waals surface area (Å²) in [5, 5.41) is 6.60. The largest absolute Gasteiger partial charge is 0.379 e. The van der Waals surface area contributed by atoms with E-state index in [1.165, 1.54) is 6.07 Å². The highest BCUT2D eigenvalue weighted by Gasteiger charge is 2.21. The van der Waals surface area contributed by atoms with Gasteiger partial charge in [0, 0.05) is 31.7 Å². The highest BCUT2D eigenvalue weighted by Crippen LogP contribution is 2.24. The first kappa shape index (κ1) is 25.1. The molecule has 160 valence electrons. The standard InChI is InChI=1S/C21H34FN3O2.HI/c1-4-23-20(24-11-7-12-26-15-19-10-6-13-27-19)25-16-21(2,3)17-8-5-9-18(22)14-17;/h5,8-9,14,19H,4,6-7,10-13,15-16H2,1-3H3,(H2,23,24,25);1H. The second kappa shape index (κ2) is 13.3. The first-order valence-electron chi connectivity index (χ1n) is 9.99. The summed E-state index contributed by atoms with van der Waals surface area (Å²) in [4.78, 5) is 4.68. The molecule has 0 bridgehead atoms. The number of nitrogens with zero attached hydrogens (tertiary/aromatic N) is 1. The third-order valence-electron chi connectivity index (χ3n) is 4.67. The Morgan fingerprint density at radius 2 is 2.18 bits per heavy atom. The summed E-state index contributed by atoms with van der Waals surface area (Å²) < 4.78 is 24.7. The van der Waals surface area contributed by atoms with Crippen molar-refractivity contribution >= 4 is 29.9 Å². The molecule has 1 fully saturated rings. The number of halogens is 2. The molecule has 5 nitrogen and oxygen atoms in total. The molecule has 0 aromatic heterocycles. The molecule has 0 aliphatic carbocycles. The average molecular weight is 507 g/mol. The summed E-state index contributed by atoms with van der Waals surface area (Å²) in [6, 6.07) is 6.75. The summed E-state index contributed by atoms with van der Waals surface area (Å²) in [6.45, 7) is 10.6. The van der Waals surface area contributed by atoms with E-state index >= 15 is 0 Å². The predicted octanol–water partition coefficient (Wildman–Crippen LogP) is 3.86. The molecule has 1 aromatic carbocycles. The van der Waals surface area contributed by atoms with Gasteiger partial charge in [0.15, 0.2) is 5.96 Å². The molecule has 7 heteroatoms. The lowest BCUT2D eigenvalue weighted by Gasteiger charge is -2.24. The van der Waals surface area contributed by atoms with E-state index in [0.29, 0.717) is 19.8 Å². The number of ether oxygens (including phenoxy) is 2. The third kappa shape index (κ3) is 9.05. The number of rotatable bonds is 10. The number of nitrogens with one attached hydrogen (secondary N) is 2. The molecule has 0 spiro atoms. The van der Waals surface area contributed by atoms with Crippen LogP contribution in [0.15, 0.2) is 29.3 Å². The van der Waals surface area contributed by atoms with Crippen LogP contribution in [0.5, 0.6) is 0 Å². The van der Waals surface area contributed by atoms with Crippen LogP contribution >= 0.6 is 24.0 Å². The maximum absolute atomic E-state index is 13.5. The molecule has 1 aliphatic rings. The molecular formula is C21H35FIN3O2. The van der Waals surface area contributed by atoms with Crippen molar-refractivity contribution in [2.45, 2.75) is 51.6 Å². The quantitative estimate of drug-likeness (QED) is 0.219. The smallest absolute Gasteiger partial charge is 0.191 e. The first-order chi connectivity index (χ1) is 13.0. The van der Waals surface area contributed by atoms with E-state index in [9.17, 15) is 4.39 Å². The van der Waals surface area contributed by atoms with Crippen molar-refractivity contribution in [2.24, 2.45) is 4.99 Å². The zero-order valence-corrected chi connectivity index (χ0v) is 19.6. The minimum absolute atomic E-state index is 0. The lowest BCUT2D eigenvalue weighted by molar-refractivity contribution is 0.0168. The topological polar surface area (TPSA) is 54.9 Å². The van der Waals surface area contributed by atoms with Crippen molar-refractivity contribution in [3.8, 4) is 0 Å². The van der Waals surface area contributed by atoms with Crippen LogP contribution in [0.1, 0.15) is 45.6 Å². The molecule has 1 saturated heterocycles. The maximum atomic E-state index is 13.5. The summed E-state index contributed by atoms with van der Waals surface area (Å²) in [5.74, 6) is 0.568. The fourth-order valence-corrected chi connectivity index (χ4v) is 2.99. The van der Waals surface area contributed by atoms with Gasteiger partial charge in [-0.05, 0) is 43.9 Å². The lowest BCUT2D eigenvalue weighted by Crippen LogP contribution is -2.39. The van der Waals surface area contributed by atoms with Gasteiger partial charge in [0.25, 0.3) is 0 Å². The highest BCUT2D eigenvalue weighted by atomic mass is 127. The van der Waals surface area contributed by atoms with Gasteiger partial charge in [-0.1, -0.05) is 26.0 Å². The van der Waals surface area contributed by atoms with Crippen LogP contribution in [0.4, 0.5) is 4.39 Å². The fourth-order valence-electron chi connectivity index (χ4n) is 2.99. The van der Waals surface area contributed by atoms with Crippen molar-refractivity contribution in [2.75, 3.05) is 39.5 Å². The van der Waals surface area contributed by atoms with Crippen LogP contribution < -0.4 is 10.6 Å². The molecule has 0 amide bonds. The van der Waals surface area contributed by atoms with Crippen LogP contribution in [-0.2, 0) is 14.9 Å². The van der Waals surface area contributed by atoms with Gasteiger partial charge in [0.1, 0.15) is 5.82 Å². The molecule has 1 unspecified atom stereocenters. The van der Waals surface area contributed by atoms with Gasteiger partial charge in [-0.25, -0.2) is 4.39 Å². The van der Waals surface area contributed by atoms with Crippen LogP contribution in [0.2, 0.25) is 0 Å². The number of guanidine groups is 1. The zero-order valence-electron chi connectivity index (χ0n) is 17.3. The third-order valence-corrected chi connectivity index (χ3v) is 4.67. The number of hydrogen-bond donors (Lipinski definition) is 2. The zero-order chi connectivity index (χ0) is 19.5. The first-order valence-corrected chi connectivity index (χ1v) is 9.99. The van der Waals surface area contributed by atoms with E-state index in [-0.39, 0.29) is 41.3 Å². The van der Waals surface area contributed by atoms with E-state index in [1.54, 1.807) is 12.1 Å². The molecular weight excluding hydrogens is 472 g/mol. The van der Waals surface area contributed by atoms with E-state index in [4.69, 9.17) is 9.47 Å². The minimum atomic E-state index is -0.241. The van der Waals surface area contributed by atoms with Crippen molar-refractivity contribution in [3.05, 3.63) is 35.6 Å². The second-order valence-corrected chi connectivity index (χ2v) is 7.58. The second-order valence-electron chi connectivity index (χ2n) is 7.58. The molecule has 0 saturated carbocycles. The molecule has 0 radical (unpaired) electrons. The normalized spacial score (nSPS) is 17.3. The van der Waals surface area contributed by atoms with Crippen LogP contribution in [0, 0.1) is 5.82 Å². The summed E-state index contributed by atoms with van der Waals surface area (Å²) in [7, 11) is 0. The Hall–Kier alpha value is -0.930. The van der Waals surface area contributed by atoms with E-state index in [2.05, 4.69) is 29.5 Å². The Balaban J connectivity index is 0.00000392. The van der Waals surface area contributed by atoms with E-state index in [0.717, 1.165) is 50.5 Å². The number of aliphatic imine (C=N–C) groups is 1. The lowest BCUT2D eigenvalue weighted by atomic mass is 9.85. The SMILES string of the molecule is CCNC(=NCC(C)(C)c1cccc(F)c1)NCCCOCC1CCCO1.I. The number of hydrogen-bond acceptors (Lipinski definition) is 3. The predicted molar refractivity (Wildman–Crippen MR) is 123 cm³/mol. The molecule has 1 aliphatic heterocycles. The Morgan fingerprint density at radius 1 is 1.36 bits per heavy atom. The van der Waals surface area contributed by atoms with Crippen molar-refractivity contribution < 1.29 is 13.9 Å². The van der Waals surface area contributed by atoms with Crippen molar-refractivity contribution in [1.82, 2.24) is 10.6 Å². The van der Waals surface area contributed by atoms with Gasteiger partial charge in [-0.15, -0.1) is 24.0 Å². The molecule has 28 heavy (non-hydrogen) atoms. The van der Waals surface area contributed by atoms with Crippen molar-refractivity contribution in [3.63, 3.8) is 0 Å². The fraction of sp³-hybridized carbons (Fsp3) is 0.667. The van der Waals surface area contributed by atoms with Gasteiger partial charge >= 0.3 is 0 Å². The highest BCUT2D eigenvalue weighted by molar-refractivity contribution is 14.0. The van der Waals surface area contributed by atoms with Gasteiger partial charge in [0.2, 0.25) is 0 Å². The monoisotopic (exact) mass is 507 g/mol. The van der Waals surface area contributed by atoms with Crippen LogP contribution in [0.25, 0.3) is 0 Å². The number of benzene rings is 1. The van der Waals surface area contributed by atoms with Crippen LogP contribution in [0.3, 0.4) is 0 Å². The van der Waals surface area contributed by atoms with Crippen molar-refractivity contribution in [1.29, 1.82) is 0 Å². The Kier molecular flexibility index (Phi) is 11.9. The summed E-state index contributed by atoms with van der Waals surface area (Å²) >= 11 is 0. The van der Waals surface area contributed by atoms with Crippen LogP contribution in [-0.4, -0.2) is 51.5 Å². The Labute approximate surface area is 185 Å². The minimum Gasteiger partial charge on any atom is -0.379 e. The molecule has 2 rings (SSSR count). The van der Waals surface area contributed by atoms with Gasteiger partial charge < -0.3 is 20.1 Å².